The molecule has 0 aliphatic heterocycles. The minimum atomic E-state index is 0.730. The van der Waals surface area contributed by atoms with Crippen LogP contribution < -0.4 is 5.84 Å². The highest BCUT2D eigenvalue weighted by Gasteiger charge is 2.00. The molecule has 0 bridgehead atoms. The number of nitrogens with two attached hydrogens (primary N) is 1. The van der Waals surface area contributed by atoms with Gasteiger partial charge in [-0.15, -0.1) is 0 Å². The van der Waals surface area contributed by atoms with Crippen molar-refractivity contribution in [3.05, 3.63) is 48.2 Å². The highest BCUT2D eigenvalue weighted by molar-refractivity contribution is 5.15. The lowest BCUT2D eigenvalue weighted by atomic mass is 10.2. The Bertz CT molecular complexity index is 267. The molecule has 70 valence electrons. The van der Waals surface area contributed by atoms with Crippen molar-refractivity contribution in [1.82, 2.24) is 5.01 Å². The van der Waals surface area contributed by atoms with Crippen LogP contribution in [0.15, 0.2) is 42.6 Å². The minimum Gasteiger partial charge on any atom is -0.311 e. The van der Waals surface area contributed by atoms with Crippen LogP contribution in [0.3, 0.4) is 0 Å². The summed E-state index contributed by atoms with van der Waals surface area (Å²) < 4.78 is 0. The Morgan fingerprint density at radius 2 is 2.00 bits per heavy atom. The normalized spacial score (nSPS) is 9.69. The summed E-state index contributed by atoms with van der Waals surface area (Å²) in [7, 11) is 0. The molecule has 0 aliphatic rings. The number of nitrogens with zero attached hydrogens (tertiary/aromatic N) is 1. The molecule has 0 unspecified atom stereocenters. The molecular formula is C11H16N2. The fourth-order valence-electron chi connectivity index (χ4n) is 1.10. The number of hydrogen-bond donors (Lipinski definition) is 1. The number of rotatable bonds is 4. The summed E-state index contributed by atoms with van der Waals surface area (Å²) >= 11 is 0. The molecule has 0 aliphatic carbocycles. The quantitative estimate of drug-likeness (QED) is 0.563. The Labute approximate surface area is 79.6 Å². The van der Waals surface area contributed by atoms with Crippen molar-refractivity contribution in [1.29, 1.82) is 0 Å². The number of allylic oxidation sites excluding steroid dienone is 1. The number of hydrazine groups is 1. The molecule has 0 saturated heterocycles. The predicted molar refractivity (Wildman–Crippen MR) is 55.6 cm³/mol. The Morgan fingerprint density at radius 3 is 2.54 bits per heavy atom. The summed E-state index contributed by atoms with van der Waals surface area (Å²) in [4.78, 5) is 0. The van der Waals surface area contributed by atoms with E-state index in [9.17, 15) is 0 Å². The first-order valence-corrected chi connectivity index (χ1v) is 4.48. The van der Waals surface area contributed by atoms with Crippen LogP contribution in [-0.2, 0) is 6.54 Å². The van der Waals surface area contributed by atoms with Gasteiger partial charge in [-0.2, -0.15) is 0 Å². The van der Waals surface area contributed by atoms with Gasteiger partial charge in [0.2, 0.25) is 0 Å². The summed E-state index contributed by atoms with van der Waals surface area (Å²) in [6.07, 6.45) is 0.892. The van der Waals surface area contributed by atoms with Gasteiger partial charge >= 0.3 is 0 Å². The van der Waals surface area contributed by atoms with E-state index in [-0.39, 0.29) is 0 Å². The Kier molecular flexibility index (Phi) is 3.53. The van der Waals surface area contributed by atoms with Crippen LogP contribution in [0, 0.1) is 0 Å². The molecule has 0 amide bonds. The Balaban J connectivity index is 2.55. The number of hydrogen-bond acceptors (Lipinski definition) is 2. The van der Waals surface area contributed by atoms with E-state index in [1.807, 2.05) is 25.1 Å². The zero-order valence-corrected chi connectivity index (χ0v) is 8.03. The third kappa shape index (κ3) is 2.92. The first kappa shape index (κ1) is 9.81. The predicted octanol–water partition coefficient (Wildman–Crippen LogP) is 2.29. The third-order valence-electron chi connectivity index (χ3n) is 2.01. The minimum absolute atomic E-state index is 0.730. The fraction of sp³-hybridized carbons (Fsp3) is 0.273. The van der Waals surface area contributed by atoms with Gasteiger partial charge in [0.15, 0.2) is 0 Å². The van der Waals surface area contributed by atoms with Crippen molar-refractivity contribution in [2.24, 2.45) is 5.84 Å². The second-order valence-corrected chi connectivity index (χ2v) is 3.03. The number of benzene rings is 1. The first-order valence-electron chi connectivity index (χ1n) is 4.48. The molecule has 13 heavy (non-hydrogen) atoms. The van der Waals surface area contributed by atoms with E-state index < -0.39 is 0 Å². The monoisotopic (exact) mass is 176 g/mol. The molecule has 0 fully saturated rings. The molecule has 2 heteroatoms. The molecule has 0 radical (unpaired) electrons. The first-order chi connectivity index (χ1) is 6.24. The fourth-order valence-corrected chi connectivity index (χ4v) is 1.10. The van der Waals surface area contributed by atoms with Crippen LogP contribution in [-0.4, -0.2) is 5.01 Å². The van der Waals surface area contributed by atoms with Crippen molar-refractivity contribution < 1.29 is 0 Å². The van der Waals surface area contributed by atoms with Crippen molar-refractivity contribution in [2.45, 2.75) is 19.9 Å². The molecule has 1 aromatic rings. The average molecular weight is 176 g/mol. The summed E-state index contributed by atoms with van der Waals surface area (Å²) in [5, 5.41) is 1.69. The topological polar surface area (TPSA) is 29.3 Å². The molecule has 0 spiro atoms. The highest BCUT2D eigenvalue weighted by Crippen LogP contribution is 2.07. The lowest BCUT2D eigenvalue weighted by Gasteiger charge is -2.19. The van der Waals surface area contributed by atoms with Gasteiger partial charge in [0, 0.05) is 5.70 Å². The van der Waals surface area contributed by atoms with Crippen molar-refractivity contribution in [3.63, 3.8) is 0 Å². The molecule has 0 heterocycles. The van der Waals surface area contributed by atoms with Crippen molar-refractivity contribution in [2.75, 3.05) is 0 Å². The maximum atomic E-state index is 5.79. The van der Waals surface area contributed by atoms with Gasteiger partial charge in [0.25, 0.3) is 0 Å². The van der Waals surface area contributed by atoms with E-state index >= 15 is 0 Å². The van der Waals surface area contributed by atoms with E-state index in [0.717, 1.165) is 18.7 Å². The molecule has 0 atom stereocenters. The largest absolute Gasteiger partial charge is 0.311 e. The van der Waals surface area contributed by atoms with Crippen LogP contribution in [0.5, 0.6) is 0 Å². The van der Waals surface area contributed by atoms with E-state index in [1.165, 1.54) is 5.56 Å². The molecular weight excluding hydrogens is 160 g/mol. The van der Waals surface area contributed by atoms with Crippen molar-refractivity contribution >= 4 is 0 Å². The standard InChI is InChI=1S/C11H16N2/c1-3-10(2)13(12)9-11-7-5-4-6-8-11/h4-8H,2-3,9,12H2,1H3. The van der Waals surface area contributed by atoms with Gasteiger partial charge < -0.3 is 5.01 Å². The van der Waals surface area contributed by atoms with Gasteiger partial charge in [-0.05, 0) is 12.0 Å². The van der Waals surface area contributed by atoms with Crippen molar-refractivity contribution in [3.8, 4) is 0 Å². The second-order valence-electron chi connectivity index (χ2n) is 3.03. The second kappa shape index (κ2) is 4.67. The smallest absolute Gasteiger partial charge is 0.0588 e. The van der Waals surface area contributed by atoms with E-state index in [0.29, 0.717) is 0 Å². The van der Waals surface area contributed by atoms with Crippen LogP contribution in [0.25, 0.3) is 0 Å². The maximum absolute atomic E-state index is 5.79. The summed E-state index contributed by atoms with van der Waals surface area (Å²) in [6, 6.07) is 10.1. The Hall–Kier alpha value is -1.28. The van der Waals surface area contributed by atoms with Gasteiger partial charge in [-0.3, -0.25) is 0 Å². The average Bonchev–Trinajstić information content (AvgIpc) is 2.18. The van der Waals surface area contributed by atoms with E-state index in [1.54, 1.807) is 5.01 Å². The SMILES string of the molecule is C=C(CC)N(N)Cc1ccccc1. The lowest BCUT2D eigenvalue weighted by Crippen LogP contribution is -2.28. The van der Waals surface area contributed by atoms with E-state index in [2.05, 4.69) is 18.7 Å². The summed E-state index contributed by atoms with van der Waals surface area (Å²) in [5.74, 6) is 5.79. The molecule has 1 aromatic carbocycles. The molecule has 2 nitrogen and oxygen atoms in total. The highest BCUT2D eigenvalue weighted by atomic mass is 15.4. The zero-order chi connectivity index (χ0) is 9.68. The van der Waals surface area contributed by atoms with Crippen LogP contribution >= 0.6 is 0 Å². The van der Waals surface area contributed by atoms with Gasteiger partial charge in [0.1, 0.15) is 0 Å². The molecule has 0 saturated carbocycles. The molecule has 1 rings (SSSR count). The maximum Gasteiger partial charge on any atom is 0.0588 e. The lowest BCUT2D eigenvalue weighted by molar-refractivity contribution is 0.343. The van der Waals surface area contributed by atoms with Gasteiger partial charge in [0.05, 0.1) is 6.54 Å². The zero-order valence-electron chi connectivity index (χ0n) is 8.03. The van der Waals surface area contributed by atoms with E-state index in [4.69, 9.17) is 5.84 Å². The molecule has 0 aromatic heterocycles. The van der Waals surface area contributed by atoms with Gasteiger partial charge in [-0.25, -0.2) is 5.84 Å². The van der Waals surface area contributed by atoms with Gasteiger partial charge in [-0.1, -0.05) is 43.8 Å². The van der Waals surface area contributed by atoms with Crippen LogP contribution in [0.1, 0.15) is 18.9 Å². The summed E-state index contributed by atoms with van der Waals surface area (Å²) in [6.45, 7) is 6.65. The Morgan fingerprint density at radius 1 is 1.38 bits per heavy atom. The summed E-state index contributed by atoms with van der Waals surface area (Å²) in [5.41, 5.74) is 2.17. The molecule has 2 N–H and O–H groups in total. The third-order valence-corrected chi connectivity index (χ3v) is 2.01. The van der Waals surface area contributed by atoms with Crippen LogP contribution in [0.4, 0.5) is 0 Å². The van der Waals surface area contributed by atoms with Crippen LogP contribution in [0.2, 0.25) is 0 Å².